The van der Waals surface area contributed by atoms with E-state index in [0.29, 0.717) is 63.7 Å². The molecule has 2 fully saturated rings. The van der Waals surface area contributed by atoms with Crippen LogP contribution in [-0.4, -0.2) is 63.2 Å². The Balaban J connectivity index is 1.03. The number of imidazole rings is 1. The highest BCUT2D eigenvalue weighted by atomic mass is 19.1. The number of nitrogens with zero attached hydrogens (tertiary/aromatic N) is 7. The summed E-state index contributed by atoms with van der Waals surface area (Å²) in [4.78, 5) is 33.7. The Morgan fingerprint density at radius 1 is 0.964 bits per heavy atom. The Bertz CT molecular complexity index is 2780. The quantitative estimate of drug-likeness (QED) is 0.187. The Morgan fingerprint density at radius 2 is 1.75 bits per heavy atom. The molecule has 11 nitrogen and oxygen atoms in total. The molecule has 1 N–H and O–H groups in total. The van der Waals surface area contributed by atoms with E-state index < -0.39 is 11.5 Å². The van der Waals surface area contributed by atoms with Gasteiger partial charge in [0.2, 0.25) is 0 Å². The van der Waals surface area contributed by atoms with Crippen LogP contribution in [0.15, 0.2) is 71.9 Å². The summed E-state index contributed by atoms with van der Waals surface area (Å²) in [5.74, 6) is -0.223. The number of H-pyrrole nitrogens is 1. The highest BCUT2D eigenvalue weighted by molar-refractivity contribution is 5.98. The number of aromatic nitrogens is 7. The molecule has 0 radical (unpaired) electrons. The van der Waals surface area contributed by atoms with Gasteiger partial charge in [-0.05, 0) is 118 Å². The number of nitrogens with one attached hydrogen (secondary N) is 1. The van der Waals surface area contributed by atoms with Crippen LogP contribution in [0.1, 0.15) is 89.9 Å². The molecule has 10 rings (SSSR count). The van der Waals surface area contributed by atoms with Gasteiger partial charge in [0.05, 0.1) is 52.4 Å². The summed E-state index contributed by atoms with van der Waals surface area (Å²) in [5.41, 5.74) is 5.56. The lowest BCUT2D eigenvalue weighted by molar-refractivity contribution is -0.0592. The summed E-state index contributed by atoms with van der Waals surface area (Å²) in [7, 11) is 0. The molecular weight excluding hydrogens is 715 g/mol. The number of rotatable bonds is 6. The highest BCUT2D eigenvalue weighted by Gasteiger charge is 2.33. The van der Waals surface area contributed by atoms with Gasteiger partial charge < -0.3 is 14.6 Å². The monoisotopic (exact) mass is 756 g/mol. The fourth-order valence-electron chi connectivity index (χ4n) is 8.81. The molecule has 1 atom stereocenters. The predicted octanol–water partition coefficient (Wildman–Crippen LogP) is 7.75. The summed E-state index contributed by atoms with van der Waals surface area (Å²) in [6, 6.07) is 15.4. The Morgan fingerprint density at radius 3 is 2.52 bits per heavy atom. The molecule has 6 heterocycles. The van der Waals surface area contributed by atoms with Crippen LogP contribution in [-0.2, 0) is 17.7 Å². The summed E-state index contributed by atoms with van der Waals surface area (Å²) >= 11 is 0. The maximum absolute atomic E-state index is 16.1. The first kappa shape index (κ1) is 34.7. The van der Waals surface area contributed by atoms with Crippen molar-refractivity contribution in [2.45, 2.75) is 83.9 Å². The van der Waals surface area contributed by atoms with Crippen LogP contribution in [0.2, 0.25) is 0 Å². The largest absolute Gasteiger partial charge is 0.376 e. The zero-order valence-corrected chi connectivity index (χ0v) is 31.8. The second-order valence-electron chi connectivity index (χ2n) is 16.3. The highest BCUT2D eigenvalue weighted by Crippen LogP contribution is 2.39. The molecule has 2 aliphatic heterocycles. The molecule has 286 valence electrons. The van der Waals surface area contributed by atoms with Crippen LogP contribution in [0, 0.1) is 25.5 Å². The van der Waals surface area contributed by atoms with Crippen LogP contribution in [0.25, 0.3) is 39.0 Å². The molecule has 3 aromatic carbocycles. The van der Waals surface area contributed by atoms with E-state index in [2.05, 4.69) is 36.1 Å². The van der Waals surface area contributed by atoms with Crippen LogP contribution in [0.3, 0.4) is 0 Å². The Kier molecular flexibility index (Phi) is 7.80. The van der Waals surface area contributed by atoms with Crippen LogP contribution >= 0.6 is 0 Å². The van der Waals surface area contributed by atoms with Crippen molar-refractivity contribution >= 4 is 27.7 Å². The average Bonchev–Trinajstić information content (AvgIpc) is 3.47. The normalized spacial score (nSPS) is 18.2. The third-order valence-corrected chi connectivity index (χ3v) is 11.9. The lowest BCUT2D eigenvalue weighted by atomic mass is 9.83. The van der Waals surface area contributed by atoms with Crippen molar-refractivity contribution in [3.8, 4) is 17.2 Å². The van der Waals surface area contributed by atoms with Crippen molar-refractivity contribution in [2.75, 3.05) is 13.2 Å². The summed E-state index contributed by atoms with van der Waals surface area (Å²) < 4.78 is 43.2. The SMILES string of the molecule is Cc1cc(-n2nc3c(c2-n2ccn(-c4ccc5c(cnn5C5CC5)c4F)c2=O)CN(C(=O)c2cc4cc(C5CCOC(C)(C)C5)ccc4[nH]2)CC3)cc(C)c1F. The third kappa shape index (κ3) is 5.62. The van der Waals surface area contributed by atoms with Crippen molar-refractivity contribution in [1.82, 2.24) is 38.6 Å². The number of hydrogen-bond donors (Lipinski definition) is 1. The molecule has 1 unspecified atom stereocenters. The molecule has 4 aromatic heterocycles. The topological polar surface area (TPSA) is 108 Å². The Labute approximate surface area is 321 Å². The van der Waals surface area contributed by atoms with E-state index in [4.69, 9.17) is 9.84 Å². The van der Waals surface area contributed by atoms with E-state index in [0.717, 1.165) is 48.9 Å². The van der Waals surface area contributed by atoms with Gasteiger partial charge in [-0.2, -0.15) is 10.2 Å². The molecular formula is C43H42F2N8O3. The van der Waals surface area contributed by atoms with E-state index in [1.54, 1.807) is 53.9 Å². The maximum Gasteiger partial charge on any atom is 0.338 e. The van der Waals surface area contributed by atoms with Crippen LogP contribution in [0.5, 0.6) is 0 Å². The number of halogens is 2. The van der Waals surface area contributed by atoms with Crippen molar-refractivity contribution in [2.24, 2.45) is 0 Å². The molecule has 1 saturated heterocycles. The Hall–Kier alpha value is -5.82. The number of aryl methyl sites for hydroxylation is 2. The van der Waals surface area contributed by atoms with Gasteiger partial charge in [-0.15, -0.1) is 0 Å². The first-order chi connectivity index (χ1) is 26.9. The van der Waals surface area contributed by atoms with Crippen LogP contribution < -0.4 is 5.69 Å². The molecule has 1 saturated carbocycles. The fraction of sp³-hybridized carbons (Fsp3) is 0.349. The number of amides is 1. The second kappa shape index (κ2) is 12.6. The third-order valence-electron chi connectivity index (χ3n) is 11.9. The molecule has 13 heteroatoms. The summed E-state index contributed by atoms with van der Waals surface area (Å²) in [6.45, 7) is 8.95. The zero-order chi connectivity index (χ0) is 38.6. The molecule has 7 aromatic rings. The molecule has 56 heavy (non-hydrogen) atoms. The molecule has 1 amide bonds. The number of carbonyl (C=O) groups is 1. The lowest BCUT2D eigenvalue weighted by Crippen LogP contribution is -2.36. The van der Waals surface area contributed by atoms with Gasteiger partial charge in [0.15, 0.2) is 5.82 Å². The first-order valence-corrected chi connectivity index (χ1v) is 19.3. The zero-order valence-electron chi connectivity index (χ0n) is 31.8. The van der Waals surface area contributed by atoms with E-state index >= 15 is 4.39 Å². The van der Waals surface area contributed by atoms with Gasteiger partial charge in [0, 0.05) is 48.4 Å². The van der Waals surface area contributed by atoms with Crippen molar-refractivity contribution in [3.63, 3.8) is 0 Å². The summed E-state index contributed by atoms with van der Waals surface area (Å²) in [5, 5.41) is 10.7. The number of aromatic amines is 1. The summed E-state index contributed by atoms with van der Waals surface area (Å²) in [6.07, 6.45) is 8.99. The van der Waals surface area contributed by atoms with Gasteiger partial charge in [0.1, 0.15) is 17.3 Å². The van der Waals surface area contributed by atoms with Gasteiger partial charge in [-0.3, -0.25) is 18.6 Å². The van der Waals surface area contributed by atoms with E-state index in [9.17, 15) is 14.0 Å². The minimum atomic E-state index is -0.534. The molecule has 3 aliphatic rings. The van der Waals surface area contributed by atoms with Crippen molar-refractivity contribution < 1.29 is 18.3 Å². The predicted molar refractivity (Wildman–Crippen MR) is 208 cm³/mol. The number of ether oxygens (including phenoxy) is 1. The van der Waals surface area contributed by atoms with Gasteiger partial charge in [-0.1, -0.05) is 6.07 Å². The first-order valence-electron chi connectivity index (χ1n) is 19.3. The fourth-order valence-corrected chi connectivity index (χ4v) is 8.81. The lowest BCUT2D eigenvalue weighted by Gasteiger charge is -2.35. The number of hydrogen-bond acceptors (Lipinski definition) is 5. The average molecular weight is 757 g/mol. The van der Waals surface area contributed by atoms with E-state index in [1.165, 1.54) is 27.1 Å². The van der Waals surface area contributed by atoms with Gasteiger partial charge in [-0.25, -0.2) is 18.3 Å². The number of fused-ring (bicyclic) bond motifs is 3. The minimum absolute atomic E-state index is 0.101. The minimum Gasteiger partial charge on any atom is -0.376 e. The molecule has 0 spiro atoms. The van der Waals surface area contributed by atoms with E-state index in [-0.39, 0.29) is 35.6 Å². The van der Waals surface area contributed by atoms with Crippen LogP contribution in [0.4, 0.5) is 8.78 Å². The number of carbonyl (C=O) groups excluding carboxylic acids is 1. The van der Waals surface area contributed by atoms with Gasteiger partial charge in [0.25, 0.3) is 5.91 Å². The molecule has 0 bridgehead atoms. The number of benzene rings is 3. The smallest absolute Gasteiger partial charge is 0.338 e. The van der Waals surface area contributed by atoms with E-state index in [1.807, 2.05) is 16.8 Å². The maximum atomic E-state index is 16.1. The second-order valence-corrected chi connectivity index (χ2v) is 16.3. The van der Waals surface area contributed by atoms with Crippen molar-refractivity contribution in [3.05, 3.63) is 123 Å². The van der Waals surface area contributed by atoms with Crippen molar-refractivity contribution in [1.29, 1.82) is 0 Å². The van der Waals surface area contributed by atoms with Gasteiger partial charge >= 0.3 is 5.69 Å². The standard InChI is InChI=1S/C43H42F2N8O3/c1-24-17-30(18-25(2)38(24)44)53-40(51-15-14-50(42(51)55)37-10-9-36-31(39(37)45)22-46-52(36)29-6-7-29)32-23-49(13-11-34(32)48-53)41(54)35-20-28-19-26(5-8-33(28)47-35)27-12-16-56-43(3,4)21-27/h5,8-10,14-15,17-20,22,27,29,47H,6-7,11-13,16,21,23H2,1-4H3. The molecule has 1 aliphatic carbocycles.